The molecule has 0 aliphatic carbocycles. The van der Waals surface area contributed by atoms with Gasteiger partial charge in [0.1, 0.15) is 0 Å². The molecule has 2 heterocycles. The second-order valence-electron chi connectivity index (χ2n) is 3.62. The third-order valence-electron chi connectivity index (χ3n) is 2.52. The van der Waals surface area contributed by atoms with Crippen LogP contribution in [-0.4, -0.2) is 26.0 Å². The number of hydrogen-bond donors (Lipinski definition) is 1. The first kappa shape index (κ1) is 9.65. The monoisotopic (exact) mass is 225 g/mol. The van der Waals surface area contributed by atoms with Crippen LogP contribution in [0.3, 0.4) is 0 Å². The first-order valence-electron chi connectivity index (χ1n) is 4.98. The standard InChI is InChI=1S/C12H7N3O2/c16-12(17)8-3-7-4-10-11(14-2-1-13-10)5-9(7)15-6-8/h1-6H,(H,16,17). The van der Waals surface area contributed by atoms with Gasteiger partial charge >= 0.3 is 5.97 Å². The summed E-state index contributed by atoms with van der Waals surface area (Å²) in [6, 6.07) is 5.17. The Balaban J connectivity index is 2.36. The number of hydrogen-bond acceptors (Lipinski definition) is 4. The SMILES string of the molecule is O=C(O)c1cnc2cc3nccnc3cc2c1. The topological polar surface area (TPSA) is 76.0 Å². The van der Waals surface area contributed by atoms with Crippen molar-refractivity contribution in [2.24, 2.45) is 0 Å². The van der Waals surface area contributed by atoms with Gasteiger partial charge in [0.25, 0.3) is 0 Å². The Bertz CT molecular complexity index is 740. The Morgan fingerprint density at radius 1 is 0.941 bits per heavy atom. The van der Waals surface area contributed by atoms with Crippen molar-refractivity contribution < 1.29 is 9.90 Å². The molecule has 0 spiro atoms. The van der Waals surface area contributed by atoms with E-state index in [0.717, 1.165) is 16.4 Å². The van der Waals surface area contributed by atoms with Gasteiger partial charge in [-0.05, 0) is 18.2 Å². The summed E-state index contributed by atoms with van der Waals surface area (Å²) in [5.41, 5.74) is 2.35. The first-order chi connectivity index (χ1) is 8.24. The van der Waals surface area contributed by atoms with Gasteiger partial charge in [-0.2, -0.15) is 0 Å². The van der Waals surface area contributed by atoms with Gasteiger partial charge in [-0.3, -0.25) is 15.0 Å². The zero-order valence-electron chi connectivity index (χ0n) is 8.66. The maximum absolute atomic E-state index is 10.8. The molecular weight excluding hydrogens is 218 g/mol. The minimum atomic E-state index is -0.987. The van der Waals surface area contributed by atoms with Crippen molar-refractivity contribution in [3.8, 4) is 0 Å². The summed E-state index contributed by atoms with van der Waals surface area (Å²) in [7, 11) is 0. The van der Waals surface area contributed by atoms with Crippen molar-refractivity contribution in [2.75, 3.05) is 0 Å². The van der Waals surface area contributed by atoms with Crippen LogP contribution in [0, 0.1) is 0 Å². The molecular formula is C12H7N3O2. The summed E-state index contributed by atoms with van der Waals surface area (Å²) in [5, 5.41) is 9.64. The fourth-order valence-corrected chi connectivity index (χ4v) is 1.70. The lowest BCUT2D eigenvalue weighted by Crippen LogP contribution is -1.97. The molecule has 5 heteroatoms. The molecule has 0 fully saturated rings. The summed E-state index contributed by atoms with van der Waals surface area (Å²) in [6.07, 6.45) is 4.55. The lowest BCUT2D eigenvalue weighted by Gasteiger charge is -2.01. The van der Waals surface area contributed by atoms with Gasteiger partial charge in [-0.1, -0.05) is 0 Å². The zero-order valence-corrected chi connectivity index (χ0v) is 8.66. The summed E-state index contributed by atoms with van der Waals surface area (Å²) < 4.78 is 0. The van der Waals surface area contributed by atoms with Crippen LogP contribution in [0.1, 0.15) is 10.4 Å². The molecule has 2 aromatic heterocycles. The highest BCUT2D eigenvalue weighted by Crippen LogP contribution is 2.19. The molecule has 0 unspecified atom stereocenters. The molecule has 5 nitrogen and oxygen atoms in total. The summed E-state index contributed by atoms with van der Waals surface area (Å²) >= 11 is 0. The predicted octanol–water partition coefficient (Wildman–Crippen LogP) is 1.88. The Morgan fingerprint density at radius 2 is 1.65 bits per heavy atom. The summed E-state index contributed by atoms with van der Waals surface area (Å²) in [4.78, 5) is 23.3. The number of rotatable bonds is 1. The van der Waals surface area contributed by atoms with E-state index >= 15 is 0 Å². The molecule has 17 heavy (non-hydrogen) atoms. The minimum absolute atomic E-state index is 0.167. The quantitative estimate of drug-likeness (QED) is 0.640. The van der Waals surface area contributed by atoms with E-state index in [1.54, 1.807) is 30.6 Å². The fraction of sp³-hybridized carbons (Fsp3) is 0. The fourth-order valence-electron chi connectivity index (χ4n) is 1.70. The van der Waals surface area contributed by atoms with Gasteiger partial charge in [0.05, 0.1) is 22.1 Å². The smallest absolute Gasteiger partial charge is 0.337 e. The number of fused-ring (bicyclic) bond motifs is 2. The molecule has 1 N–H and O–H groups in total. The van der Waals surface area contributed by atoms with Crippen LogP contribution in [-0.2, 0) is 0 Å². The van der Waals surface area contributed by atoms with E-state index in [4.69, 9.17) is 5.11 Å². The highest BCUT2D eigenvalue weighted by atomic mass is 16.4. The van der Waals surface area contributed by atoms with Crippen LogP contribution in [0.25, 0.3) is 21.9 Å². The maximum atomic E-state index is 10.8. The Kier molecular flexibility index (Phi) is 1.98. The van der Waals surface area contributed by atoms with E-state index in [-0.39, 0.29) is 5.56 Å². The molecule has 0 radical (unpaired) electrons. The van der Waals surface area contributed by atoms with Crippen molar-refractivity contribution in [1.82, 2.24) is 15.0 Å². The normalized spacial score (nSPS) is 10.8. The first-order valence-corrected chi connectivity index (χ1v) is 4.98. The molecule has 0 saturated carbocycles. The molecule has 82 valence electrons. The Hall–Kier alpha value is -2.56. The average molecular weight is 225 g/mol. The number of carboxylic acids is 1. The predicted molar refractivity (Wildman–Crippen MR) is 61.8 cm³/mol. The molecule has 0 atom stereocenters. The molecule has 0 bridgehead atoms. The number of benzene rings is 1. The van der Waals surface area contributed by atoms with Gasteiger partial charge in [-0.25, -0.2) is 4.79 Å². The number of pyridine rings is 1. The zero-order chi connectivity index (χ0) is 11.8. The third-order valence-corrected chi connectivity index (χ3v) is 2.52. The molecule has 0 saturated heterocycles. The number of carboxylic acid groups (broad SMARTS) is 1. The minimum Gasteiger partial charge on any atom is -0.478 e. The summed E-state index contributed by atoms with van der Waals surface area (Å²) in [5.74, 6) is -0.987. The van der Waals surface area contributed by atoms with Crippen molar-refractivity contribution in [3.63, 3.8) is 0 Å². The van der Waals surface area contributed by atoms with Crippen molar-refractivity contribution in [3.05, 3.63) is 42.4 Å². The van der Waals surface area contributed by atoms with Crippen LogP contribution < -0.4 is 0 Å². The summed E-state index contributed by atoms with van der Waals surface area (Å²) in [6.45, 7) is 0. The van der Waals surface area contributed by atoms with Gasteiger partial charge in [-0.15, -0.1) is 0 Å². The van der Waals surface area contributed by atoms with E-state index in [1.165, 1.54) is 6.20 Å². The third kappa shape index (κ3) is 1.57. The van der Waals surface area contributed by atoms with Crippen LogP contribution in [0.5, 0.6) is 0 Å². The second-order valence-corrected chi connectivity index (χ2v) is 3.62. The van der Waals surface area contributed by atoms with E-state index in [0.29, 0.717) is 5.52 Å². The molecule has 0 amide bonds. The highest BCUT2D eigenvalue weighted by molar-refractivity contribution is 5.97. The molecule has 1 aromatic carbocycles. The van der Waals surface area contributed by atoms with Crippen molar-refractivity contribution >= 4 is 27.9 Å². The highest BCUT2D eigenvalue weighted by Gasteiger charge is 2.06. The number of nitrogens with zero attached hydrogens (tertiary/aromatic N) is 3. The number of carbonyl (C=O) groups is 1. The molecule has 3 aromatic rings. The van der Waals surface area contributed by atoms with Gasteiger partial charge in [0.15, 0.2) is 0 Å². The van der Waals surface area contributed by atoms with Crippen LogP contribution >= 0.6 is 0 Å². The van der Waals surface area contributed by atoms with Crippen LogP contribution in [0.2, 0.25) is 0 Å². The van der Waals surface area contributed by atoms with Gasteiger partial charge in [0, 0.05) is 24.0 Å². The average Bonchev–Trinajstić information content (AvgIpc) is 2.35. The number of aromatic carboxylic acids is 1. The van der Waals surface area contributed by atoms with E-state index in [2.05, 4.69) is 15.0 Å². The van der Waals surface area contributed by atoms with Gasteiger partial charge < -0.3 is 5.11 Å². The van der Waals surface area contributed by atoms with Crippen LogP contribution in [0.4, 0.5) is 0 Å². The largest absolute Gasteiger partial charge is 0.478 e. The lowest BCUT2D eigenvalue weighted by molar-refractivity contribution is 0.0696. The van der Waals surface area contributed by atoms with Gasteiger partial charge in [0.2, 0.25) is 0 Å². The lowest BCUT2D eigenvalue weighted by atomic mass is 10.1. The van der Waals surface area contributed by atoms with Crippen molar-refractivity contribution in [2.45, 2.75) is 0 Å². The van der Waals surface area contributed by atoms with E-state index < -0.39 is 5.97 Å². The molecule has 0 aliphatic heterocycles. The molecule has 3 rings (SSSR count). The van der Waals surface area contributed by atoms with Crippen molar-refractivity contribution in [1.29, 1.82) is 0 Å². The maximum Gasteiger partial charge on any atom is 0.337 e. The second kappa shape index (κ2) is 3.48. The molecule has 0 aliphatic rings. The van der Waals surface area contributed by atoms with Crippen LogP contribution in [0.15, 0.2) is 36.8 Å². The number of aromatic nitrogens is 3. The van der Waals surface area contributed by atoms with E-state index in [1.807, 2.05) is 0 Å². The Labute approximate surface area is 95.8 Å². The van der Waals surface area contributed by atoms with E-state index in [9.17, 15) is 4.79 Å². The Morgan fingerprint density at radius 3 is 2.35 bits per heavy atom.